The molecule has 1 aliphatic carbocycles. The van der Waals surface area contributed by atoms with Gasteiger partial charge in [0.1, 0.15) is 5.75 Å². The van der Waals surface area contributed by atoms with Crippen LogP contribution in [0.4, 0.5) is 0 Å². The van der Waals surface area contributed by atoms with E-state index in [1.807, 2.05) is 12.3 Å². The molecule has 1 fully saturated rings. The molecule has 21 heavy (non-hydrogen) atoms. The van der Waals surface area contributed by atoms with Gasteiger partial charge >= 0.3 is 0 Å². The van der Waals surface area contributed by atoms with Crippen molar-refractivity contribution in [2.24, 2.45) is 5.92 Å². The number of ether oxygens (including phenoxy) is 1. The van der Waals surface area contributed by atoms with Gasteiger partial charge in [0.15, 0.2) is 0 Å². The van der Waals surface area contributed by atoms with Crippen molar-refractivity contribution in [2.75, 3.05) is 6.61 Å². The highest BCUT2D eigenvalue weighted by atomic mass is 16.5. The van der Waals surface area contributed by atoms with E-state index in [-0.39, 0.29) is 0 Å². The summed E-state index contributed by atoms with van der Waals surface area (Å²) in [6.45, 7) is 2.93. The molecule has 2 nitrogen and oxygen atoms in total. The summed E-state index contributed by atoms with van der Waals surface area (Å²) in [7, 11) is 0. The van der Waals surface area contributed by atoms with Crippen LogP contribution >= 0.6 is 0 Å². The summed E-state index contributed by atoms with van der Waals surface area (Å²) in [5.41, 5.74) is 3.39. The van der Waals surface area contributed by atoms with Gasteiger partial charge in [0.05, 0.1) is 12.3 Å². The zero-order chi connectivity index (χ0) is 14.5. The van der Waals surface area contributed by atoms with Gasteiger partial charge in [-0.3, -0.25) is 4.98 Å². The zero-order valence-electron chi connectivity index (χ0n) is 12.6. The highest BCUT2D eigenvalue weighted by molar-refractivity contribution is 5.63. The third kappa shape index (κ3) is 3.63. The summed E-state index contributed by atoms with van der Waals surface area (Å²) in [6.07, 6.45) is 9.25. The molecule has 2 heteroatoms. The average molecular weight is 280 g/mol. The highest BCUT2D eigenvalue weighted by Gasteiger charge is 2.14. The molecule has 1 aromatic carbocycles. The predicted octanol–water partition coefficient (Wildman–Crippen LogP) is 4.83. The van der Waals surface area contributed by atoms with Crippen LogP contribution < -0.4 is 4.74 Å². The lowest BCUT2D eigenvalue weighted by Crippen LogP contribution is -2.15. The van der Waals surface area contributed by atoms with Crippen molar-refractivity contribution in [3.05, 3.63) is 54.6 Å². The van der Waals surface area contributed by atoms with Crippen molar-refractivity contribution >= 4 is 0 Å². The molecule has 3 rings (SSSR count). The Morgan fingerprint density at radius 2 is 1.86 bits per heavy atom. The summed E-state index contributed by atoms with van der Waals surface area (Å²) in [5, 5.41) is 0. The number of hydrogen-bond donors (Lipinski definition) is 0. The number of hydrogen-bond acceptors (Lipinski definition) is 2. The molecular weight excluding hydrogens is 258 g/mol. The van der Waals surface area contributed by atoms with Crippen molar-refractivity contribution in [1.82, 2.24) is 4.98 Å². The smallest absolute Gasteiger partial charge is 0.119 e. The maximum atomic E-state index is 5.93. The third-order valence-electron chi connectivity index (χ3n) is 4.18. The van der Waals surface area contributed by atoms with Crippen LogP contribution in [-0.2, 0) is 0 Å². The normalized spacial score (nSPS) is 15.9. The minimum Gasteiger partial charge on any atom is -0.493 e. The van der Waals surface area contributed by atoms with Crippen molar-refractivity contribution in [3.8, 4) is 17.0 Å². The third-order valence-corrected chi connectivity index (χ3v) is 4.18. The molecule has 0 bridgehead atoms. The van der Waals surface area contributed by atoms with Crippen LogP contribution in [0.2, 0.25) is 0 Å². The molecule has 1 aromatic heterocycles. The van der Waals surface area contributed by atoms with Crippen molar-refractivity contribution in [2.45, 2.75) is 32.6 Å². The number of nitrogens with zero attached hydrogens (tertiary/aromatic N) is 1. The van der Waals surface area contributed by atoms with Crippen LogP contribution in [0.5, 0.6) is 5.75 Å². The molecule has 1 heterocycles. The Kier molecular flexibility index (Phi) is 4.54. The van der Waals surface area contributed by atoms with Crippen LogP contribution in [0.3, 0.4) is 0 Å². The van der Waals surface area contributed by atoms with Gasteiger partial charge < -0.3 is 4.74 Å². The van der Waals surface area contributed by atoms with Gasteiger partial charge in [0.25, 0.3) is 0 Å². The summed E-state index contributed by atoms with van der Waals surface area (Å²) in [6, 6.07) is 12.4. The van der Waals surface area contributed by atoms with Gasteiger partial charge in [-0.05, 0) is 80.8 Å². The lowest BCUT2D eigenvalue weighted by molar-refractivity contribution is 0.221. The largest absolute Gasteiger partial charge is 0.493 e. The topological polar surface area (TPSA) is 22.1 Å². The standard InChI is InChI=1S/C19H22NO/c1-15-6-5-13-20-19(15)17-9-11-18(12-10-17)21-14-16-7-3-2-4-8-16/h2,5-6,9-13,16H,3-4,7-8,14H2,1H3. The van der Waals surface area contributed by atoms with Crippen LogP contribution in [0, 0.1) is 19.3 Å². The Morgan fingerprint density at radius 1 is 1.10 bits per heavy atom. The monoisotopic (exact) mass is 280 g/mol. The first-order chi connectivity index (χ1) is 10.3. The van der Waals surface area contributed by atoms with E-state index in [4.69, 9.17) is 4.74 Å². The molecular formula is C19H22NO. The molecule has 2 aromatic rings. The molecule has 1 saturated carbocycles. The van der Waals surface area contributed by atoms with Crippen LogP contribution in [0.25, 0.3) is 11.3 Å². The molecule has 0 spiro atoms. The molecule has 0 N–H and O–H groups in total. The van der Waals surface area contributed by atoms with Crippen molar-refractivity contribution in [1.29, 1.82) is 0 Å². The average Bonchev–Trinajstić information content (AvgIpc) is 2.55. The van der Waals surface area contributed by atoms with E-state index in [0.717, 1.165) is 23.6 Å². The molecule has 1 radical (unpaired) electrons. The fourth-order valence-electron chi connectivity index (χ4n) is 2.87. The van der Waals surface area contributed by atoms with E-state index in [1.165, 1.54) is 31.2 Å². The van der Waals surface area contributed by atoms with Crippen LogP contribution in [0.15, 0.2) is 42.6 Å². The maximum absolute atomic E-state index is 5.93. The second kappa shape index (κ2) is 6.75. The summed E-state index contributed by atoms with van der Waals surface area (Å²) >= 11 is 0. The quantitative estimate of drug-likeness (QED) is 0.800. The number of aromatic nitrogens is 1. The van der Waals surface area contributed by atoms with Gasteiger partial charge in [-0.25, -0.2) is 0 Å². The Bertz CT molecular complexity index is 570. The molecule has 0 saturated heterocycles. The summed E-state index contributed by atoms with van der Waals surface area (Å²) in [4.78, 5) is 4.45. The van der Waals surface area contributed by atoms with Gasteiger partial charge in [0.2, 0.25) is 0 Å². The van der Waals surface area contributed by atoms with Gasteiger partial charge in [0, 0.05) is 11.8 Å². The van der Waals surface area contributed by atoms with Gasteiger partial charge in [-0.2, -0.15) is 0 Å². The fraction of sp³-hybridized carbons (Fsp3) is 0.368. The van der Waals surface area contributed by atoms with Gasteiger partial charge in [-0.1, -0.05) is 6.07 Å². The summed E-state index contributed by atoms with van der Waals surface area (Å²) < 4.78 is 5.93. The van der Waals surface area contributed by atoms with Crippen LogP contribution in [0.1, 0.15) is 31.2 Å². The molecule has 109 valence electrons. The van der Waals surface area contributed by atoms with Crippen molar-refractivity contribution < 1.29 is 4.74 Å². The number of aryl methyl sites for hydroxylation is 1. The Hall–Kier alpha value is -1.83. The lowest BCUT2D eigenvalue weighted by Gasteiger charge is -2.21. The highest BCUT2D eigenvalue weighted by Crippen LogP contribution is 2.26. The van der Waals surface area contributed by atoms with E-state index in [1.54, 1.807) is 0 Å². The molecule has 1 aliphatic rings. The van der Waals surface area contributed by atoms with E-state index >= 15 is 0 Å². The Balaban J connectivity index is 1.63. The zero-order valence-corrected chi connectivity index (χ0v) is 12.6. The SMILES string of the molecule is Cc1cccnc1-c1ccc(OCC2CC[CH]CC2)cc1. The Labute approximate surface area is 127 Å². The molecule has 0 aliphatic heterocycles. The van der Waals surface area contributed by atoms with E-state index < -0.39 is 0 Å². The fourth-order valence-corrected chi connectivity index (χ4v) is 2.87. The number of pyridine rings is 1. The molecule has 0 unspecified atom stereocenters. The number of rotatable bonds is 4. The Morgan fingerprint density at radius 3 is 2.57 bits per heavy atom. The predicted molar refractivity (Wildman–Crippen MR) is 86.2 cm³/mol. The minimum absolute atomic E-state index is 0.715. The van der Waals surface area contributed by atoms with E-state index in [9.17, 15) is 0 Å². The first-order valence-electron chi connectivity index (χ1n) is 7.79. The van der Waals surface area contributed by atoms with Crippen molar-refractivity contribution in [3.63, 3.8) is 0 Å². The molecule has 0 atom stereocenters. The first kappa shape index (κ1) is 14.1. The second-order valence-electron chi connectivity index (χ2n) is 5.81. The second-order valence-corrected chi connectivity index (χ2v) is 5.81. The minimum atomic E-state index is 0.715. The van der Waals surface area contributed by atoms with Crippen LogP contribution in [-0.4, -0.2) is 11.6 Å². The van der Waals surface area contributed by atoms with E-state index in [2.05, 4.69) is 48.7 Å². The maximum Gasteiger partial charge on any atom is 0.119 e. The van der Waals surface area contributed by atoms with Gasteiger partial charge in [-0.15, -0.1) is 0 Å². The first-order valence-corrected chi connectivity index (χ1v) is 7.79. The van der Waals surface area contributed by atoms with E-state index in [0.29, 0.717) is 5.92 Å². The summed E-state index contributed by atoms with van der Waals surface area (Å²) in [5.74, 6) is 1.68. The number of benzene rings is 1. The molecule has 0 amide bonds. The lowest BCUT2D eigenvalue weighted by atomic mass is 9.90.